The molecule has 0 unspecified atom stereocenters. The summed E-state index contributed by atoms with van der Waals surface area (Å²) in [5.74, 6) is 0.183. The minimum Gasteiger partial charge on any atom is -0.488 e. The lowest BCUT2D eigenvalue weighted by molar-refractivity contribution is -0.123. The van der Waals surface area contributed by atoms with E-state index in [1.165, 1.54) is 6.07 Å². The maximum Gasteiger partial charge on any atom is 0.338 e. The first kappa shape index (κ1) is 25.1. The number of urea groups is 1. The highest BCUT2D eigenvalue weighted by Gasteiger charge is 2.34. The first-order chi connectivity index (χ1) is 16.8. The fraction of sp³-hybridized carbons (Fsp3) is 0.0800. The molecule has 2 N–H and O–H groups in total. The van der Waals surface area contributed by atoms with Crippen LogP contribution >= 0.6 is 47.2 Å². The Morgan fingerprint density at radius 2 is 1.89 bits per heavy atom. The van der Waals surface area contributed by atoms with E-state index in [9.17, 15) is 9.59 Å². The van der Waals surface area contributed by atoms with Gasteiger partial charge in [-0.25, -0.2) is 10.2 Å². The van der Waals surface area contributed by atoms with E-state index in [0.29, 0.717) is 33.0 Å². The SMILES string of the molecule is Cc1cccc(COc2ccccc2/C=C2/SC(=S)N(NC(=O)Nc3ccc(Cl)c(Cl)c3)C2=O)c1. The number of carbonyl (C=O) groups is 2. The van der Waals surface area contributed by atoms with Crippen LogP contribution in [-0.4, -0.2) is 21.3 Å². The second kappa shape index (κ2) is 11.1. The van der Waals surface area contributed by atoms with Crippen LogP contribution < -0.4 is 15.5 Å². The third kappa shape index (κ3) is 6.35. The van der Waals surface area contributed by atoms with Crippen LogP contribution in [0.25, 0.3) is 6.08 Å². The van der Waals surface area contributed by atoms with Crippen molar-refractivity contribution >= 4 is 75.2 Å². The summed E-state index contributed by atoms with van der Waals surface area (Å²) in [5, 5.41) is 4.27. The van der Waals surface area contributed by atoms with E-state index in [1.807, 2.05) is 49.4 Å². The third-order valence-corrected chi connectivity index (χ3v) is 6.91. The van der Waals surface area contributed by atoms with E-state index in [2.05, 4.69) is 16.8 Å². The topological polar surface area (TPSA) is 70.7 Å². The normalized spacial score (nSPS) is 14.4. The number of ether oxygens (including phenoxy) is 1. The lowest BCUT2D eigenvalue weighted by Gasteiger charge is -2.16. The van der Waals surface area contributed by atoms with Gasteiger partial charge in [0, 0.05) is 11.3 Å². The smallest absolute Gasteiger partial charge is 0.338 e. The number of hydrogen-bond acceptors (Lipinski definition) is 5. The molecule has 35 heavy (non-hydrogen) atoms. The average Bonchev–Trinajstić information content (AvgIpc) is 3.08. The van der Waals surface area contributed by atoms with E-state index in [1.54, 1.807) is 18.2 Å². The number of rotatable bonds is 6. The van der Waals surface area contributed by atoms with Gasteiger partial charge in [-0.2, -0.15) is 5.01 Å². The quantitative estimate of drug-likeness (QED) is 0.263. The van der Waals surface area contributed by atoms with Crippen molar-refractivity contribution in [3.63, 3.8) is 0 Å². The molecule has 0 spiro atoms. The zero-order chi connectivity index (χ0) is 24.9. The van der Waals surface area contributed by atoms with Crippen LogP contribution in [0.3, 0.4) is 0 Å². The zero-order valence-corrected chi connectivity index (χ0v) is 21.5. The summed E-state index contributed by atoms with van der Waals surface area (Å²) in [6.45, 7) is 2.42. The largest absolute Gasteiger partial charge is 0.488 e. The van der Waals surface area contributed by atoms with Crippen molar-refractivity contribution in [1.29, 1.82) is 0 Å². The molecule has 1 fully saturated rings. The van der Waals surface area contributed by atoms with Crippen LogP contribution in [0, 0.1) is 6.92 Å². The highest BCUT2D eigenvalue weighted by Crippen LogP contribution is 2.33. The number of anilines is 1. The van der Waals surface area contributed by atoms with Gasteiger partial charge < -0.3 is 10.1 Å². The Bertz CT molecular complexity index is 1350. The molecule has 178 valence electrons. The predicted molar refractivity (Wildman–Crippen MR) is 146 cm³/mol. The van der Waals surface area contributed by atoms with Crippen LogP contribution in [0.15, 0.2) is 71.6 Å². The van der Waals surface area contributed by atoms with Gasteiger partial charge in [0.1, 0.15) is 12.4 Å². The van der Waals surface area contributed by atoms with Gasteiger partial charge in [0.05, 0.1) is 15.0 Å². The summed E-state index contributed by atoms with van der Waals surface area (Å²) in [7, 11) is 0. The van der Waals surface area contributed by atoms with Crippen LogP contribution in [0.2, 0.25) is 10.0 Å². The monoisotopic (exact) mass is 543 g/mol. The van der Waals surface area contributed by atoms with E-state index >= 15 is 0 Å². The Morgan fingerprint density at radius 3 is 2.66 bits per heavy atom. The molecule has 3 aromatic carbocycles. The molecule has 0 aromatic heterocycles. The average molecular weight is 544 g/mol. The van der Waals surface area contributed by atoms with Crippen molar-refractivity contribution in [2.24, 2.45) is 0 Å². The fourth-order valence-electron chi connectivity index (χ4n) is 3.23. The van der Waals surface area contributed by atoms with Crippen LogP contribution in [0.1, 0.15) is 16.7 Å². The van der Waals surface area contributed by atoms with Crippen LogP contribution in [0.4, 0.5) is 10.5 Å². The second-order valence-electron chi connectivity index (χ2n) is 7.53. The molecule has 6 nitrogen and oxygen atoms in total. The molecular weight excluding hydrogens is 525 g/mol. The number of halogens is 2. The van der Waals surface area contributed by atoms with Gasteiger partial charge in [-0.1, -0.05) is 83.0 Å². The Labute approximate surface area is 222 Å². The van der Waals surface area contributed by atoms with Gasteiger partial charge >= 0.3 is 6.03 Å². The van der Waals surface area contributed by atoms with E-state index in [-0.39, 0.29) is 4.32 Å². The lowest BCUT2D eigenvalue weighted by Crippen LogP contribution is -2.46. The van der Waals surface area contributed by atoms with Crippen molar-refractivity contribution in [3.8, 4) is 5.75 Å². The zero-order valence-electron chi connectivity index (χ0n) is 18.4. The molecule has 4 rings (SSSR count). The number of carbonyl (C=O) groups excluding carboxylic acids is 2. The molecule has 10 heteroatoms. The Morgan fingerprint density at radius 1 is 1.09 bits per heavy atom. The highest BCUT2D eigenvalue weighted by molar-refractivity contribution is 8.26. The maximum absolute atomic E-state index is 13.0. The number of amides is 3. The maximum atomic E-state index is 13.0. The van der Waals surface area contributed by atoms with Crippen molar-refractivity contribution in [1.82, 2.24) is 10.4 Å². The first-order valence-electron chi connectivity index (χ1n) is 10.4. The minimum atomic E-state index is -0.650. The second-order valence-corrected chi connectivity index (χ2v) is 10.0. The van der Waals surface area contributed by atoms with Gasteiger partial charge in [0.15, 0.2) is 4.32 Å². The van der Waals surface area contributed by atoms with Crippen LogP contribution in [-0.2, 0) is 11.4 Å². The van der Waals surface area contributed by atoms with Crippen molar-refractivity contribution < 1.29 is 14.3 Å². The van der Waals surface area contributed by atoms with Crippen LogP contribution in [0.5, 0.6) is 5.75 Å². The van der Waals surface area contributed by atoms with Crippen molar-refractivity contribution in [2.75, 3.05) is 5.32 Å². The number of aryl methyl sites for hydroxylation is 1. The number of hydrazine groups is 1. The molecule has 1 heterocycles. The predicted octanol–water partition coefficient (Wildman–Crippen LogP) is 6.82. The fourth-order valence-corrected chi connectivity index (χ4v) is 4.70. The number of thioether (sulfide) groups is 1. The summed E-state index contributed by atoms with van der Waals surface area (Å²) in [5.41, 5.74) is 5.80. The lowest BCUT2D eigenvalue weighted by atomic mass is 10.1. The molecule has 0 bridgehead atoms. The van der Waals surface area contributed by atoms with Gasteiger partial charge in [0.25, 0.3) is 5.91 Å². The van der Waals surface area contributed by atoms with E-state index in [4.69, 9.17) is 40.2 Å². The summed E-state index contributed by atoms with van der Waals surface area (Å²) in [6.07, 6.45) is 1.70. The number of benzene rings is 3. The molecule has 3 amide bonds. The summed E-state index contributed by atoms with van der Waals surface area (Å²) in [4.78, 5) is 25.7. The summed E-state index contributed by atoms with van der Waals surface area (Å²) < 4.78 is 6.21. The van der Waals surface area contributed by atoms with Gasteiger partial charge in [-0.15, -0.1) is 0 Å². The standard InChI is InChI=1S/C25H19Cl2N3O3S2/c1-15-5-4-6-16(11-15)14-33-21-8-3-2-7-17(21)12-22-23(31)30(25(34)35-22)29-24(32)28-18-9-10-19(26)20(27)13-18/h2-13H,14H2,1H3,(H2,28,29,32)/b22-12+. The molecule has 0 aliphatic carbocycles. The molecule has 0 atom stereocenters. The molecule has 1 aliphatic rings. The number of hydrogen-bond donors (Lipinski definition) is 2. The molecule has 0 radical (unpaired) electrons. The number of nitrogens with zero attached hydrogens (tertiary/aromatic N) is 1. The van der Waals surface area contributed by atoms with Gasteiger partial charge in [-0.3, -0.25) is 4.79 Å². The van der Waals surface area contributed by atoms with E-state index in [0.717, 1.165) is 33.5 Å². The molecular formula is C25H19Cl2N3O3S2. The molecule has 1 saturated heterocycles. The van der Waals surface area contributed by atoms with E-state index < -0.39 is 11.9 Å². The number of thiocarbonyl (C=S) groups is 1. The van der Waals surface area contributed by atoms with Gasteiger partial charge in [0.2, 0.25) is 0 Å². The highest BCUT2D eigenvalue weighted by atomic mass is 35.5. The Balaban J connectivity index is 1.44. The first-order valence-corrected chi connectivity index (χ1v) is 12.4. The molecule has 0 saturated carbocycles. The Hall–Kier alpha value is -3.04. The van der Waals surface area contributed by atoms with Gasteiger partial charge in [-0.05, 0) is 55.0 Å². The molecule has 1 aliphatic heterocycles. The Kier molecular flexibility index (Phi) is 7.97. The van der Waals surface area contributed by atoms with Crippen molar-refractivity contribution in [3.05, 3.63) is 98.4 Å². The summed E-state index contributed by atoms with van der Waals surface area (Å²) >= 11 is 18.3. The van der Waals surface area contributed by atoms with Crippen molar-refractivity contribution in [2.45, 2.75) is 13.5 Å². The number of para-hydroxylation sites is 1. The third-order valence-electron chi connectivity index (χ3n) is 4.87. The molecule has 3 aromatic rings. The minimum absolute atomic E-state index is 0.198. The summed E-state index contributed by atoms with van der Waals surface area (Å²) in [6, 6.07) is 19.5. The number of nitrogens with one attached hydrogen (secondary N) is 2.